The molecule has 0 aromatic carbocycles. The number of rotatable bonds is 1. The molecular weight excluding hydrogens is 147 g/mol. The van der Waals surface area contributed by atoms with Crippen molar-refractivity contribution in [3.8, 4) is 0 Å². The van der Waals surface area contributed by atoms with Gasteiger partial charge in [0, 0.05) is 0 Å². The molecule has 1 aliphatic rings. The minimum atomic E-state index is -0.269. The molecule has 2 atom stereocenters. The summed E-state index contributed by atoms with van der Waals surface area (Å²) in [5.74, 6) is 0. The summed E-state index contributed by atoms with van der Waals surface area (Å²) in [5.41, 5.74) is -0.269. The van der Waals surface area contributed by atoms with Gasteiger partial charge in [-0.25, -0.2) is 0 Å². The van der Waals surface area contributed by atoms with Crippen LogP contribution in [-0.2, 0) is 4.74 Å². The van der Waals surface area contributed by atoms with Crippen LogP contribution in [0.5, 0.6) is 0 Å². The molecule has 8 heavy (non-hydrogen) atoms. The van der Waals surface area contributed by atoms with E-state index >= 15 is 0 Å². The Morgan fingerprint density at radius 1 is 1.88 bits per heavy atom. The quantitative estimate of drug-likeness (QED) is 0.526. The summed E-state index contributed by atoms with van der Waals surface area (Å²) < 4.78 is 4.87. The van der Waals surface area contributed by atoms with Crippen LogP contribution in [0, 0.1) is 0 Å². The van der Waals surface area contributed by atoms with Crippen molar-refractivity contribution < 1.29 is 4.74 Å². The molecule has 1 aliphatic heterocycles. The van der Waals surface area contributed by atoms with Crippen LogP contribution in [0.25, 0.3) is 0 Å². The van der Waals surface area contributed by atoms with Gasteiger partial charge in [0.25, 0.3) is 0 Å². The van der Waals surface area contributed by atoms with E-state index in [0.29, 0.717) is 6.61 Å². The Morgan fingerprint density at radius 2 is 2.50 bits per heavy atom. The summed E-state index contributed by atoms with van der Waals surface area (Å²) in [6, 6.07) is 0. The third-order valence-corrected chi connectivity index (χ3v) is 2.69. The maximum absolute atomic E-state index is 5.89. The average Bonchev–Trinajstić information content (AvgIpc) is 1.83. The van der Waals surface area contributed by atoms with E-state index in [1.807, 2.05) is 6.92 Å². The predicted molar refractivity (Wildman–Crippen MR) is 34.5 cm³/mol. The molecule has 0 N–H and O–H groups in total. The second-order valence-electron chi connectivity index (χ2n) is 2.02. The molecule has 0 bridgehead atoms. The first-order valence-electron chi connectivity index (χ1n) is 2.63. The molecule has 2 unspecified atom stereocenters. The first-order chi connectivity index (χ1) is 3.69. The lowest BCUT2D eigenvalue weighted by Gasteiger charge is -2.39. The monoisotopic (exact) mass is 154 g/mol. The largest absolute Gasteiger partial charge is 0.359 e. The fourth-order valence-electron chi connectivity index (χ4n) is 0.590. The number of halogens is 2. The van der Waals surface area contributed by atoms with Gasteiger partial charge in [0.1, 0.15) is 4.87 Å². The van der Waals surface area contributed by atoms with Gasteiger partial charge < -0.3 is 4.74 Å². The van der Waals surface area contributed by atoms with Crippen LogP contribution in [0.3, 0.4) is 0 Å². The highest BCUT2D eigenvalue weighted by Crippen LogP contribution is 2.37. The Morgan fingerprint density at radius 3 is 2.50 bits per heavy atom. The van der Waals surface area contributed by atoms with Crippen LogP contribution in [0.15, 0.2) is 0 Å². The van der Waals surface area contributed by atoms with Crippen molar-refractivity contribution in [1.29, 1.82) is 0 Å². The molecule has 48 valence electrons. The van der Waals surface area contributed by atoms with Crippen LogP contribution < -0.4 is 0 Å². The fourth-order valence-corrected chi connectivity index (χ4v) is 0.996. The SMILES string of the molecule is CCC1(Cl)COC1Cl. The molecule has 1 nitrogen and oxygen atoms in total. The molecule has 1 fully saturated rings. The van der Waals surface area contributed by atoms with Crippen LogP contribution in [-0.4, -0.2) is 17.0 Å². The van der Waals surface area contributed by atoms with E-state index in [-0.39, 0.29) is 10.4 Å². The lowest BCUT2D eigenvalue weighted by Crippen LogP contribution is -2.50. The van der Waals surface area contributed by atoms with Crippen molar-refractivity contribution in [3.63, 3.8) is 0 Å². The minimum absolute atomic E-state index is 0.262. The Bertz CT molecular complexity index is 92.4. The van der Waals surface area contributed by atoms with Gasteiger partial charge >= 0.3 is 0 Å². The summed E-state index contributed by atoms with van der Waals surface area (Å²) in [4.78, 5) is -0.262. The molecule has 0 aromatic rings. The molecule has 0 amide bonds. The van der Waals surface area contributed by atoms with Crippen molar-refractivity contribution >= 4 is 23.2 Å². The summed E-state index contributed by atoms with van der Waals surface area (Å²) in [6.45, 7) is 2.60. The van der Waals surface area contributed by atoms with E-state index in [1.54, 1.807) is 0 Å². The van der Waals surface area contributed by atoms with Crippen LogP contribution in [0.4, 0.5) is 0 Å². The van der Waals surface area contributed by atoms with Crippen molar-refractivity contribution in [3.05, 3.63) is 0 Å². The fraction of sp³-hybridized carbons (Fsp3) is 1.00. The number of hydrogen-bond donors (Lipinski definition) is 0. The highest BCUT2D eigenvalue weighted by Gasteiger charge is 2.44. The van der Waals surface area contributed by atoms with Crippen LogP contribution in [0.1, 0.15) is 13.3 Å². The molecular formula is C5H8Cl2O. The summed E-state index contributed by atoms with van der Waals surface area (Å²) in [6.07, 6.45) is 0.878. The van der Waals surface area contributed by atoms with E-state index in [2.05, 4.69) is 0 Å². The standard InChI is InChI=1S/C5H8Cl2O/c1-2-5(7)3-8-4(5)6/h4H,2-3H2,1H3. The maximum Gasteiger partial charge on any atom is 0.152 e. The minimum Gasteiger partial charge on any atom is -0.359 e. The number of hydrogen-bond acceptors (Lipinski definition) is 1. The number of ether oxygens (including phenoxy) is 1. The van der Waals surface area contributed by atoms with Gasteiger partial charge in [-0.1, -0.05) is 18.5 Å². The van der Waals surface area contributed by atoms with Crippen molar-refractivity contribution in [2.24, 2.45) is 0 Å². The first-order valence-corrected chi connectivity index (χ1v) is 3.45. The number of alkyl halides is 2. The second kappa shape index (κ2) is 2.05. The summed E-state index contributed by atoms with van der Waals surface area (Å²) in [7, 11) is 0. The van der Waals surface area contributed by atoms with Gasteiger partial charge in [0.15, 0.2) is 5.56 Å². The zero-order chi connectivity index (χ0) is 6.20. The summed E-state index contributed by atoms with van der Waals surface area (Å²) in [5, 5.41) is 0. The molecule has 0 aliphatic carbocycles. The van der Waals surface area contributed by atoms with E-state index in [4.69, 9.17) is 27.9 Å². The summed E-state index contributed by atoms with van der Waals surface area (Å²) >= 11 is 11.5. The Balaban J connectivity index is 2.42. The van der Waals surface area contributed by atoms with Crippen LogP contribution >= 0.6 is 23.2 Å². The lowest BCUT2D eigenvalue weighted by molar-refractivity contribution is -0.0454. The highest BCUT2D eigenvalue weighted by molar-refractivity contribution is 6.33. The van der Waals surface area contributed by atoms with E-state index in [1.165, 1.54) is 0 Å². The normalized spacial score (nSPS) is 46.1. The third-order valence-electron chi connectivity index (χ3n) is 1.46. The van der Waals surface area contributed by atoms with E-state index in [9.17, 15) is 0 Å². The molecule has 0 saturated carbocycles. The van der Waals surface area contributed by atoms with Gasteiger partial charge in [-0.15, -0.1) is 11.6 Å². The van der Waals surface area contributed by atoms with Crippen molar-refractivity contribution in [2.45, 2.75) is 23.8 Å². The van der Waals surface area contributed by atoms with Gasteiger partial charge in [-0.3, -0.25) is 0 Å². The topological polar surface area (TPSA) is 9.23 Å². The first kappa shape index (κ1) is 6.66. The second-order valence-corrected chi connectivity index (χ2v) is 3.16. The van der Waals surface area contributed by atoms with Gasteiger partial charge in [0.05, 0.1) is 6.61 Å². The highest BCUT2D eigenvalue weighted by atomic mass is 35.5. The molecule has 1 saturated heterocycles. The Labute approximate surface area is 58.9 Å². The van der Waals surface area contributed by atoms with Crippen molar-refractivity contribution in [2.75, 3.05) is 6.61 Å². The third kappa shape index (κ3) is 0.831. The molecule has 1 heterocycles. The van der Waals surface area contributed by atoms with E-state index in [0.717, 1.165) is 6.42 Å². The molecule has 1 rings (SSSR count). The van der Waals surface area contributed by atoms with Crippen molar-refractivity contribution in [1.82, 2.24) is 0 Å². The molecule has 0 aromatic heterocycles. The Hall–Kier alpha value is 0.540. The van der Waals surface area contributed by atoms with Gasteiger partial charge in [0.2, 0.25) is 0 Å². The average molecular weight is 155 g/mol. The maximum atomic E-state index is 5.89. The smallest absolute Gasteiger partial charge is 0.152 e. The molecule has 0 spiro atoms. The van der Waals surface area contributed by atoms with Gasteiger partial charge in [-0.2, -0.15) is 0 Å². The molecule has 0 radical (unpaired) electrons. The molecule has 3 heteroatoms. The van der Waals surface area contributed by atoms with Gasteiger partial charge in [-0.05, 0) is 6.42 Å². The zero-order valence-corrected chi connectivity index (χ0v) is 6.17. The Kier molecular flexibility index (Phi) is 1.71. The lowest BCUT2D eigenvalue weighted by atomic mass is 10.0. The van der Waals surface area contributed by atoms with E-state index < -0.39 is 0 Å². The zero-order valence-electron chi connectivity index (χ0n) is 4.66. The predicted octanol–water partition coefficient (Wildman–Crippen LogP) is 1.97. The van der Waals surface area contributed by atoms with Crippen LogP contribution in [0.2, 0.25) is 0 Å².